The average molecular weight is 282 g/mol. The molecular weight excluding hydrogens is 274 g/mol. The highest BCUT2D eigenvalue weighted by molar-refractivity contribution is 9.09. The number of carbonyl (C=O) groups is 2. The van der Waals surface area contributed by atoms with Gasteiger partial charge in [-0.05, 0) is 18.2 Å². The van der Waals surface area contributed by atoms with E-state index in [0.717, 1.165) is 0 Å². The highest BCUT2D eigenvalue weighted by Crippen LogP contribution is 2.17. The van der Waals surface area contributed by atoms with Gasteiger partial charge >= 0.3 is 0 Å². The lowest BCUT2D eigenvalue weighted by atomic mass is 10.1. The summed E-state index contributed by atoms with van der Waals surface area (Å²) < 4.78 is 5.27. The zero-order valence-electron chi connectivity index (χ0n) is 8.49. The quantitative estimate of drug-likeness (QED) is 0.492. The third-order valence-corrected chi connectivity index (χ3v) is 2.64. The molecule has 1 heterocycles. The summed E-state index contributed by atoms with van der Waals surface area (Å²) in [6.45, 7) is 1.73. The Morgan fingerprint density at radius 3 is 2.88 bits per heavy atom. The standard InChI is InChI=1S/C11H8BrNO3/c1-6-13-8-4-7(2-3-10(8)16-6)11(15)9(14)5-12/h2-4H,5H2,1H3. The Labute approximate surface area is 99.8 Å². The summed E-state index contributed by atoms with van der Waals surface area (Å²) in [5, 5.41) is 0.0295. The molecular formula is C11H8BrNO3. The van der Waals surface area contributed by atoms with Crippen LogP contribution in [-0.2, 0) is 4.79 Å². The largest absolute Gasteiger partial charge is 0.441 e. The van der Waals surface area contributed by atoms with Crippen LogP contribution in [0.15, 0.2) is 22.6 Å². The van der Waals surface area contributed by atoms with E-state index in [0.29, 0.717) is 22.6 Å². The molecule has 0 unspecified atom stereocenters. The van der Waals surface area contributed by atoms with Gasteiger partial charge in [0.1, 0.15) is 5.52 Å². The fourth-order valence-corrected chi connectivity index (χ4v) is 1.66. The van der Waals surface area contributed by atoms with Crippen LogP contribution in [0.4, 0.5) is 0 Å². The van der Waals surface area contributed by atoms with E-state index in [9.17, 15) is 9.59 Å². The third-order valence-electron chi connectivity index (χ3n) is 2.13. The number of alkyl halides is 1. The van der Waals surface area contributed by atoms with Crippen LogP contribution in [0.25, 0.3) is 11.1 Å². The molecule has 0 amide bonds. The van der Waals surface area contributed by atoms with Crippen LogP contribution in [-0.4, -0.2) is 21.9 Å². The number of nitrogens with zero attached hydrogens (tertiary/aromatic N) is 1. The van der Waals surface area contributed by atoms with Gasteiger partial charge in [0.15, 0.2) is 11.5 Å². The first-order valence-corrected chi connectivity index (χ1v) is 5.74. The highest BCUT2D eigenvalue weighted by Gasteiger charge is 2.15. The lowest BCUT2D eigenvalue weighted by Crippen LogP contribution is -2.14. The predicted molar refractivity (Wildman–Crippen MR) is 61.9 cm³/mol. The van der Waals surface area contributed by atoms with Gasteiger partial charge in [-0.15, -0.1) is 0 Å². The molecule has 2 aromatic rings. The molecule has 5 heteroatoms. The van der Waals surface area contributed by atoms with Crippen LogP contribution >= 0.6 is 15.9 Å². The van der Waals surface area contributed by atoms with Crippen molar-refractivity contribution in [2.45, 2.75) is 6.92 Å². The van der Waals surface area contributed by atoms with Crippen molar-refractivity contribution in [3.63, 3.8) is 0 Å². The molecule has 0 saturated heterocycles. The first-order valence-electron chi connectivity index (χ1n) is 4.62. The molecule has 0 fully saturated rings. The minimum absolute atomic E-state index is 0.0295. The number of oxazole rings is 1. The van der Waals surface area contributed by atoms with Crippen molar-refractivity contribution in [3.05, 3.63) is 29.7 Å². The maximum atomic E-state index is 11.6. The van der Waals surface area contributed by atoms with Crippen LogP contribution < -0.4 is 0 Å². The van der Waals surface area contributed by atoms with Crippen LogP contribution in [0, 0.1) is 6.92 Å². The highest BCUT2D eigenvalue weighted by atomic mass is 79.9. The van der Waals surface area contributed by atoms with Crippen LogP contribution in [0.5, 0.6) is 0 Å². The maximum Gasteiger partial charge on any atom is 0.229 e. The van der Waals surface area contributed by atoms with Crippen molar-refractivity contribution in [3.8, 4) is 0 Å². The molecule has 0 N–H and O–H groups in total. The average Bonchev–Trinajstić information content (AvgIpc) is 2.65. The number of benzene rings is 1. The number of carbonyl (C=O) groups excluding carboxylic acids is 2. The molecule has 0 aliphatic heterocycles. The first kappa shape index (κ1) is 11.0. The molecule has 4 nitrogen and oxygen atoms in total. The van der Waals surface area contributed by atoms with Gasteiger partial charge in [-0.3, -0.25) is 9.59 Å². The minimum atomic E-state index is -0.514. The summed E-state index contributed by atoms with van der Waals surface area (Å²) in [6.07, 6.45) is 0. The van der Waals surface area contributed by atoms with Gasteiger partial charge in [-0.25, -0.2) is 4.98 Å². The normalized spacial score (nSPS) is 10.6. The molecule has 0 aliphatic carbocycles. The zero-order valence-corrected chi connectivity index (χ0v) is 10.1. The summed E-state index contributed by atoms with van der Waals surface area (Å²) in [4.78, 5) is 26.9. The SMILES string of the molecule is Cc1nc2cc(C(=O)C(=O)CBr)ccc2o1. The third kappa shape index (κ3) is 1.90. The number of hydrogen-bond acceptors (Lipinski definition) is 4. The van der Waals surface area contributed by atoms with Crippen LogP contribution in [0.2, 0.25) is 0 Å². The van der Waals surface area contributed by atoms with Crippen molar-refractivity contribution < 1.29 is 14.0 Å². The summed E-state index contributed by atoms with van der Waals surface area (Å²) >= 11 is 2.96. The molecule has 82 valence electrons. The minimum Gasteiger partial charge on any atom is -0.441 e. The number of aromatic nitrogens is 1. The Kier molecular flexibility index (Phi) is 2.87. The fraction of sp³-hybridized carbons (Fsp3) is 0.182. The number of halogens is 1. The smallest absolute Gasteiger partial charge is 0.229 e. The summed E-state index contributed by atoms with van der Waals surface area (Å²) in [5.74, 6) is -0.453. The van der Waals surface area contributed by atoms with Gasteiger partial charge in [-0.2, -0.15) is 0 Å². The Morgan fingerprint density at radius 2 is 2.19 bits per heavy atom. The van der Waals surface area contributed by atoms with Crippen molar-refractivity contribution >= 4 is 38.6 Å². The Balaban J connectivity index is 2.46. The molecule has 0 atom stereocenters. The van der Waals surface area contributed by atoms with E-state index in [1.165, 1.54) is 0 Å². The van der Waals surface area contributed by atoms with E-state index in [4.69, 9.17) is 4.42 Å². The van der Waals surface area contributed by atoms with Crippen molar-refractivity contribution in [2.75, 3.05) is 5.33 Å². The zero-order chi connectivity index (χ0) is 11.7. The molecule has 1 aromatic carbocycles. The second-order valence-electron chi connectivity index (χ2n) is 3.30. The van der Waals surface area contributed by atoms with E-state index in [1.54, 1.807) is 25.1 Å². The number of Topliss-reactive ketones (excluding diaryl/α,β-unsaturated/α-hetero) is 2. The molecule has 0 bridgehead atoms. The van der Waals surface area contributed by atoms with E-state index >= 15 is 0 Å². The lowest BCUT2D eigenvalue weighted by Gasteiger charge is -1.96. The van der Waals surface area contributed by atoms with Gasteiger partial charge in [0, 0.05) is 12.5 Å². The second kappa shape index (κ2) is 4.17. The maximum absolute atomic E-state index is 11.6. The summed E-state index contributed by atoms with van der Waals surface area (Å²) in [5.41, 5.74) is 1.54. The fourth-order valence-electron chi connectivity index (χ4n) is 1.41. The molecule has 0 radical (unpaired) electrons. The van der Waals surface area contributed by atoms with Gasteiger partial charge in [0.2, 0.25) is 11.6 Å². The van der Waals surface area contributed by atoms with Gasteiger partial charge in [-0.1, -0.05) is 15.9 Å². The predicted octanol–water partition coefficient (Wildman–Crippen LogP) is 2.28. The van der Waals surface area contributed by atoms with E-state index in [2.05, 4.69) is 20.9 Å². The Hall–Kier alpha value is -1.49. The van der Waals surface area contributed by atoms with Gasteiger partial charge in [0.25, 0.3) is 0 Å². The second-order valence-corrected chi connectivity index (χ2v) is 3.86. The molecule has 0 spiro atoms. The van der Waals surface area contributed by atoms with Crippen molar-refractivity contribution in [1.29, 1.82) is 0 Å². The summed E-state index contributed by atoms with van der Waals surface area (Å²) in [6, 6.07) is 4.77. The van der Waals surface area contributed by atoms with E-state index in [1.807, 2.05) is 0 Å². The molecule has 0 aliphatic rings. The monoisotopic (exact) mass is 281 g/mol. The topological polar surface area (TPSA) is 60.2 Å². The number of rotatable bonds is 3. The first-order chi connectivity index (χ1) is 7.61. The van der Waals surface area contributed by atoms with Gasteiger partial charge in [0.05, 0.1) is 5.33 Å². The number of hydrogen-bond donors (Lipinski definition) is 0. The van der Waals surface area contributed by atoms with Crippen molar-refractivity contribution in [2.24, 2.45) is 0 Å². The Bertz CT molecular complexity index is 574. The van der Waals surface area contributed by atoms with E-state index in [-0.39, 0.29) is 5.33 Å². The Morgan fingerprint density at radius 1 is 1.44 bits per heavy atom. The van der Waals surface area contributed by atoms with Crippen LogP contribution in [0.3, 0.4) is 0 Å². The van der Waals surface area contributed by atoms with Gasteiger partial charge < -0.3 is 4.42 Å². The lowest BCUT2D eigenvalue weighted by molar-refractivity contribution is -0.112. The molecule has 2 rings (SSSR count). The molecule has 16 heavy (non-hydrogen) atoms. The van der Waals surface area contributed by atoms with Crippen molar-refractivity contribution in [1.82, 2.24) is 4.98 Å². The molecule has 1 aromatic heterocycles. The van der Waals surface area contributed by atoms with E-state index < -0.39 is 11.6 Å². The number of fused-ring (bicyclic) bond motifs is 1. The van der Waals surface area contributed by atoms with Crippen LogP contribution in [0.1, 0.15) is 16.2 Å². The molecule has 0 saturated carbocycles. The number of ketones is 2. The summed E-state index contributed by atoms with van der Waals surface area (Å²) in [7, 11) is 0. The number of aryl methyl sites for hydroxylation is 1.